The van der Waals surface area contributed by atoms with Crippen LogP contribution in [0.4, 0.5) is 18.9 Å². The molecule has 1 N–H and O–H groups in total. The van der Waals surface area contributed by atoms with Crippen LogP contribution in [0.3, 0.4) is 0 Å². The van der Waals surface area contributed by atoms with Gasteiger partial charge in [-0.1, -0.05) is 0 Å². The van der Waals surface area contributed by atoms with Crippen molar-refractivity contribution in [2.24, 2.45) is 0 Å². The lowest BCUT2D eigenvalue weighted by atomic mass is 10.1. The Labute approximate surface area is 103 Å². The molecule has 1 aromatic carbocycles. The molecule has 0 aliphatic carbocycles. The topological polar surface area (TPSA) is 45.0 Å². The summed E-state index contributed by atoms with van der Waals surface area (Å²) < 4.78 is 42.3. The lowest BCUT2D eigenvalue weighted by Gasteiger charge is -2.16. The monoisotopic (exact) mass is 258 g/mol. The van der Waals surface area contributed by atoms with Crippen LogP contribution < -0.4 is 5.32 Å². The number of rotatable bonds is 4. The van der Waals surface area contributed by atoms with E-state index in [1.807, 2.05) is 6.92 Å². The van der Waals surface area contributed by atoms with Gasteiger partial charge in [-0.25, -0.2) is 0 Å². The third-order valence-corrected chi connectivity index (χ3v) is 2.29. The summed E-state index contributed by atoms with van der Waals surface area (Å²) in [5, 5.41) is 11.8. The number of nitrogens with zero attached hydrogens (tertiary/aromatic N) is 1. The van der Waals surface area contributed by atoms with E-state index in [1.54, 1.807) is 6.07 Å². The third-order valence-electron chi connectivity index (χ3n) is 2.29. The van der Waals surface area contributed by atoms with Crippen LogP contribution in [0.25, 0.3) is 0 Å². The Bertz CT molecular complexity index is 452. The normalized spacial score (nSPS) is 12.9. The zero-order valence-electron chi connectivity index (χ0n) is 10.0. The highest BCUT2D eigenvalue weighted by Gasteiger charge is 2.31. The molecule has 18 heavy (non-hydrogen) atoms. The lowest BCUT2D eigenvalue weighted by Crippen LogP contribution is -2.21. The molecule has 6 heteroatoms. The van der Waals surface area contributed by atoms with Crippen LogP contribution in [0.2, 0.25) is 0 Å². The molecule has 0 heterocycles. The Morgan fingerprint density at radius 2 is 2.11 bits per heavy atom. The molecule has 1 aromatic rings. The average molecular weight is 258 g/mol. The predicted octanol–water partition coefficient (Wildman–Crippen LogP) is 3.02. The number of hydrogen-bond donors (Lipinski definition) is 1. The van der Waals surface area contributed by atoms with Crippen molar-refractivity contribution in [3.05, 3.63) is 29.3 Å². The van der Waals surface area contributed by atoms with Crippen molar-refractivity contribution < 1.29 is 17.9 Å². The minimum Gasteiger partial charge on any atom is -0.383 e. The van der Waals surface area contributed by atoms with Gasteiger partial charge in [0.2, 0.25) is 0 Å². The van der Waals surface area contributed by atoms with Crippen molar-refractivity contribution in [3.63, 3.8) is 0 Å². The number of nitrogens with one attached hydrogen (secondary N) is 1. The molecule has 98 valence electrons. The maximum atomic E-state index is 12.5. The predicted molar refractivity (Wildman–Crippen MR) is 61.1 cm³/mol. The molecule has 0 radical (unpaired) electrons. The summed E-state index contributed by atoms with van der Waals surface area (Å²) in [6.07, 6.45) is -4.44. The highest BCUT2D eigenvalue weighted by Crippen LogP contribution is 2.31. The highest BCUT2D eigenvalue weighted by molar-refractivity contribution is 5.59. The average Bonchev–Trinajstić information content (AvgIpc) is 2.28. The van der Waals surface area contributed by atoms with Gasteiger partial charge in [0.05, 0.1) is 23.4 Å². The van der Waals surface area contributed by atoms with E-state index >= 15 is 0 Å². The zero-order chi connectivity index (χ0) is 13.8. The molecule has 0 saturated heterocycles. The van der Waals surface area contributed by atoms with Crippen LogP contribution >= 0.6 is 0 Å². The second-order valence-electron chi connectivity index (χ2n) is 3.87. The maximum Gasteiger partial charge on any atom is 0.416 e. The van der Waals surface area contributed by atoms with Gasteiger partial charge in [-0.2, -0.15) is 18.4 Å². The molecule has 0 aromatic heterocycles. The first kappa shape index (κ1) is 14.3. The van der Waals surface area contributed by atoms with E-state index in [1.165, 1.54) is 13.2 Å². The van der Waals surface area contributed by atoms with Crippen LogP contribution in [0.15, 0.2) is 18.2 Å². The van der Waals surface area contributed by atoms with Crippen molar-refractivity contribution in [2.75, 3.05) is 19.0 Å². The molecule has 0 saturated carbocycles. The number of anilines is 1. The van der Waals surface area contributed by atoms with Crippen LogP contribution in [0, 0.1) is 11.3 Å². The third kappa shape index (κ3) is 3.64. The minimum absolute atomic E-state index is 0.0345. The van der Waals surface area contributed by atoms with E-state index in [2.05, 4.69) is 5.32 Å². The van der Waals surface area contributed by atoms with Gasteiger partial charge < -0.3 is 10.1 Å². The summed E-state index contributed by atoms with van der Waals surface area (Å²) in [6.45, 7) is 2.20. The van der Waals surface area contributed by atoms with Crippen molar-refractivity contribution in [1.29, 1.82) is 5.26 Å². The number of nitriles is 1. The number of ether oxygens (including phenoxy) is 1. The SMILES string of the molecule is COCC(C)Nc1ccc(C(F)(F)F)cc1C#N. The van der Waals surface area contributed by atoms with Crippen molar-refractivity contribution >= 4 is 5.69 Å². The maximum absolute atomic E-state index is 12.5. The molecule has 1 unspecified atom stereocenters. The summed E-state index contributed by atoms with van der Waals surface area (Å²) in [4.78, 5) is 0. The van der Waals surface area contributed by atoms with E-state index in [0.29, 0.717) is 12.3 Å². The lowest BCUT2D eigenvalue weighted by molar-refractivity contribution is -0.137. The molecule has 0 bridgehead atoms. The number of halogens is 3. The van der Waals surface area contributed by atoms with Crippen LogP contribution in [0.5, 0.6) is 0 Å². The first-order valence-electron chi connectivity index (χ1n) is 5.25. The number of methoxy groups -OCH3 is 1. The number of hydrogen-bond acceptors (Lipinski definition) is 3. The molecule has 1 rings (SSSR count). The molecular weight excluding hydrogens is 245 g/mol. The van der Waals surface area contributed by atoms with Crippen LogP contribution in [-0.2, 0) is 10.9 Å². The van der Waals surface area contributed by atoms with E-state index < -0.39 is 11.7 Å². The molecule has 3 nitrogen and oxygen atoms in total. The standard InChI is InChI=1S/C12H13F3N2O/c1-8(7-18-2)17-11-4-3-10(12(13,14)15)5-9(11)6-16/h3-5,8,17H,7H2,1-2H3. The van der Waals surface area contributed by atoms with Crippen molar-refractivity contribution in [1.82, 2.24) is 0 Å². The fourth-order valence-electron chi connectivity index (χ4n) is 1.50. The zero-order valence-corrected chi connectivity index (χ0v) is 10.0. The number of alkyl halides is 3. The van der Waals surface area contributed by atoms with Gasteiger partial charge in [0.15, 0.2) is 0 Å². The second-order valence-corrected chi connectivity index (χ2v) is 3.87. The van der Waals surface area contributed by atoms with Crippen LogP contribution in [0.1, 0.15) is 18.1 Å². The van der Waals surface area contributed by atoms with Crippen molar-refractivity contribution in [3.8, 4) is 6.07 Å². The van der Waals surface area contributed by atoms with E-state index in [4.69, 9.17) is 10.00 Å². The Morgan fingerprint density at radius 1 is 1.44 bits per heavy atom. The number of benzene rings is 1. The Balaban J connectivity index is 2.98. The minimum atomic E-state index is -4.44. The molecule has 0 amide bonds. The molecule has 0 spiro atoms. The smallest absolute Gasteiger partial charge is 0.383 e. The van der Waals surface area contributed by atoms with Gasteiger partial charge in [-0.15, -0.1) is 0 Å². The second kappa shape index (κ2) is 5.74. The summed E-state index contributed by atoms with van der Waals surface area (Å²) in [6, 6.07) is 4.69. The van der Waals surface area contributed by atoms with E-state index in [0.717, 1.165) is 12.1 Å². The van der Waals surface area contributed by atoms with Gasteiger partial charge in [-0.3, -0.25) is 0 Å². The van der Waals surface area contributed by atoms with Crippen LogP contribution in [-0.4, -0.2) is 19.8 Å². The Hall–Kier alpha value is -1.74. The Kier molecular flexibility index (Phi) is 4.56. The molecule has 1 atom stereocenters. The van der Waals surface area contributed by atoms with E-state index in [9.17, 15) is 13.2 Å². The van der Waals surface area contributed by atoms with Gasteiger partial charge >= 0.3 is 6.18 Å². The van der Waals surface area contributed by atoms with Gasteiger partial charge in [0.25, 0.3) is 0 Å². The first-order valence-corrected chi connectivity index (χ1v) is 5.25. The molecule has 0 aliphatic heterocycles. The Morgan fingerprint density at radius 3 is 2.61 bits per heavy atom. The summed E-state index contributed by atoms with van der Waals surface area (Å²) in [5.41, 5.74) is -0.494. The summed E-state index contributed by atoms with van der Waals surface area (Å²) in [5.74, 6) is 0. The van der Waals surface area contributed by atoms with Gasteiger partial charge in [0.1, 0.15) is 6.07 Å². The van der Waals surface area contributed by atoms with Crippen molar-refractivity contribution in [2.45, 2.75) is 19.1 Å². The fourth-order valence-corrected chi connectivity index (χ4v) is 1.50. The largest absolute Gasteiger partial charge is 0.416 e. The van der Waals surface area contributed by atoms with Gasteiger partial charge in [0, 0.05) is 13.2 Å². The van der Waals surface area contributed by atoms with E-state index in [-0.39, 0.29) is 11.6 Å². The highest BCUT2D eigenvalue weighted by atomic mass is 19.4. The van der Waals surface area contributed by atoms with Gasteiger partial charge in [-0.05, 0) is 25.1 Å². The molecule has 0 aliphatic rings. The first-order chi connectivity index (χ1) is 8.38. The summed E-state index contributed by atoms with van der Waals surface area (Å²) in [7, 11) is 1.52. The molecular formula is C12H13F3N2O. The summed E-state index contributed by atoms with van der Waals surface area (Å²) >= 11 is 0. The molecule has 0 fully saturated rings. The fraction of sp³-hybridized carbons (Fsp3) is 0.417. The quantitative estimate of drug-likeness (QED) is 0.902.